The summed E-state index contributed by atoms with van der Waals surface area (Å²) in [4.78, 5) is 2.78. The number of piperidine rings is 1. The molecule has 0 aliphatic carbocycles. The maximum absolute atomic E-state index is 12.6. The van der Waals surface area contributed by atoms with Crippen LogP contribution in [0.5, 0.6) is 5.75 Å². The van der Waals surface area contributed by atoms with Gasteiger partial charge in [0.05, 0.1) is 29.6 Å². The van der Waals surface area contributed by atoms with Gasteiger partial charge in [0.1, 0.15) is 5.75 Å². The highest BCUT2D eigenvalue weighted by molar-refractivity contribution is 7.92. The molecule has 1 aromatic heterocycles. The molecule has 1 fully saturated rings. The third-order valence-electron chi connectivity index (χ3n) is 5.03. The topological polar surface area (TPSA) is 51.5 Å². The first-order valence-corrected chi connectivity index (χ1v) is 10.8. The quantitative estimate of drug-likeness (QED) is 0.713. The van der Waals surface area contributed by atoms with Gasteiger partial charge in [-0.3, -0.25) is 4.90 Å². The van der Waals surface area contributed by atoms with E-state index in [1.807, 2.05) is 18.3 Å². The third kappa shape index (κ3) is 4.68. The Kier molecular flexibility index (Phi) is 7.37. The summed E-state index contributed by atoms with van der Waals surface area (Å²) in [6.45, 7) is 6.44. The van der Waals surface area contributed by atoms with Crippen molar-refractivity contribution in [3.8, 4) is 17.0 Å². The predicted molar refractivity (Wildman–Crippen MR) is 111 cm³/mol. The lowest BCUT2D eigenvalue weighted by atomic mass is 10.1. The van der Waals surface area contributed by atoms with Crippen LogP contribution < -0.4 is 4.74 Å². The Morgan fingerprint density at radius 1 is 1.11 bits per heavy atom. The van der Waals surface area contributed by atoms with Crippen LogP contribution in [0.2, 0.25) is 0 Å². The van der Waals surface area contributed by atoms with Gasteiger partial charge in [-0.2, -0.15) is 0 Å². The average Bonchev–Trinajstić information content (AvgIpc) is 3.09. The lowest BCUT2D eigenvalue weighted by Crippen LogP contribution is -2.31. The molecule has 0 amide bonds. The molecule has 1 saturated heterocycles. The van der Waals surface area contributed by atoms with E-state index in [9.17, 15) is 8.42 Å². The Balaban J connectivity index is 0.00000261. The van der Waals surface area contributed by atoms with Crippen molar-refractivity contribution in [2.45, 2.75) is 49.9 Å². The molecule has 27 heavy (non-hydrogen) atoms. The van der Waals surface area contributed by atoms with Crippen LogP contribution >= 0.6 is 12.4 Å². The number of aromatic nitrogens is 1. The third-order valence-corrected chi connectivity index (χ3v) is 7.18. The van der Waals surface area contributed by atoms with Gasteiger partial charge in [-0.15, -0.1) is 12.4 Å². The van der Waals surface area contributed by atoms with Crippen molar-refractivity contribution in [2.24, 2.45) is 0 Å². The normalized spacial score (nSPS) is 15.6. The number of rotatable bonds is 6. The molecule has 0 bridgehead atoms. The number of methoxy groups -OCH3 is 1. The van der Waals surface area contributed by atoms with Crippen LogP contribution in [0.1, 0.15) is 33.1 Å². The van der Waals surface area contributed by atoms with Gasteiger partial charge in [-0.1, -0.05) is 6.42 Å². The van der Waals surface area contributed by atoms with Crippen LogP contribution in [0, 0.1) is 0 Å². The second-order valence-electron chi connectivity index (χ2n) is 7.14. The SMILES string of the molecule is COc1ccc(S(=O)(=O)C(C)C)cc1-c1cccn1CN1CCCCC1.Cl. The van der Waals surface area contributed by atoms with Gasteiger partial charge in [0.15, 0.2) is 9.84 Å². The Bertz CT molecular complexity index is 856. The number of hydrogen-bond donors (Lipinski definition) is 0. The molecule has 0 saturated carbocycles. The first-order chi connectivity index (χ1) is 12.4. The molecule has 3 rings (SSSR count). The average molecular weight is 413 g/mol. The summed E-state index contributed by atoms with van der Waals surface area (Å²) in [6.07, 6.45) is 5.83. The number of likely N-dealkylation sites (tertiary alicyclic amines) is 1. The van der Waals surface area contributed by atoms with Crippen molar-refractivity contribution in [2.75, 3.05) is 20.2 Å². The lowest BCUT2D eigenvalue weighted by Gasteiger charge is -2.28. The highest BCUT2D eigenvalue weighted by atomic mass is 35.5. The fourth-order valence-electron chi connectivity index (χ4n) is 3.43. The zero-order chi connectivity index (χ0) is 18.7. The standard InChI is InChI=1S/C20H28N2O3S.ClH/c1-16(2)26(23,24)17-9-10-20(25-3)18(14-17)19-8-7-13-22(19)15-21-11-5-4-6-12-21;/h7-10,13-14,16H,4-6,11-12,15H2,1-3H3;1H. The summed E-state index contributed by atoms with van der Waals surface area (Å²) in [5.74, 6) is 0.686. The maximum Gasteiger partial charge on any atom is 0.180 e. The summed E-state index contributed by atoms with van der Waals surface area (Å²) >= 11 is 0. The first-order valence-electron chi connectivity index (χ1n) is 9.23. The number of halogens is 1. The number of nitrogens with zero attached hydrogens (tertiary/aromatic N) is 2. The Morgan fingerprint density at radius 3 is 2.44 bits per heavy atom. The first kappa shape index (κ1) is 21.8. The molecule has 1 aliphatic rings. The number of benzene rings is 1. The smallest absolute Gasteiger partial charge is 0.180 e. The van der Waals surface area contributed by atoms with Crippen molar-refractivity contribution in [1.29, 1.82) is 0 Å². The molecule has 1 aliphatic heterocycles. The molecule has 0 N–H and O–H groups in total. The highest BCUT2D eigenvalue weighted by Gasteiger charge is 2.22. The minimum absolute atomic E-state index is 0. The van der Waals surface area contributed by atoms with E-state index in [0.29, 0.717) is 10.6 Å². The molecule has 0 spiro atoms. The summed E-state index contributed by atoms with van der Waals surface area (Å²) in [6, 6.07) is 9.16. The van der Waals surface area contributed by atoms with E-state index < -0.39 is 15.1 Å². The molecule has 5 nitrogen and oxygen atoms in total. The lowest BCUT2D eigenvalue weighted by molar-refractivity contribution is 0.183. The number of ether oxygens (including phenoxy) is 1. The van der Waals surface area contributed by atoms with E-state index in [4.69, 9.17) is 4.74 Å². The fourth-order valence-corrected chi connectivity index (χ4v) is 4.52. The van der Waals surface area contributed by atoms with E-state index in [0.717, 1.165) is 31.0 Å². The molecule has 2 aromatic rings. The van der Waals surface area contributed by atoms with Crippen molar-refractivity contribution in [3.63, 3.8) is 0 Å². The van der Waals surface area contributed by atoms with Gasteiger partial charge in [0.2, 0.25) is 0 Å². The van der Waals surface area contributed by atoms with Gasteiger partial charge in [0.25, 0.3) is 0 Å². The van der Waals surface area contributed by atoms with Crippen LogP contribution in [0.15, 0.2) is 41.4 Å². The molecule has 0 atom stereocenters. The largest absolute Gasteiger partial charge is 0.496 e. The fraction of sp³-hybridized carbons (Fsp3) is 0.500. The van der Waals surface area contributed by atoms with Gasteiger partial charge >= 0.3 is 0 Å². The molecule has 1 aromatic carbocycles. The van der Waals surface area contributed by atoms with E-state index in [1.54, 1.807) is 39.2 Å². The van der Waals surface area contributed by atoms with Gasteiger partial charge in [-0.25, -0.2) is 8.42 Å². The van der Waals surface area contributed by atoms with E-state index in [2.05, 4.69) is 9.47 Å². The van der Waals surface area contributed by atoms with Gasteiger partial charge in [-0.05, 0) is 70.1 Å². The Hall–Kier alpha value is -1.50. The molecular weight excluding hydrogens is 384 g/mol. The van der Waals surface area contributed by atoms with Gasteiger partial charge < -0.3 is 9.30 Å². The van der Waals surface area contributed by atoms with Gasteiger partial charge in [0, 0.05) is 11.8 Å². The summed E-state index contributed by atoms with van der Waals surface area (Å²) in [5, 5.41) is -0.455. The maximum atomic E-state index is 12.6. The monoisotopic (exact) mass is 412 g/mol. The van der Waals surface area contributed by atoms with Crippen LogP contribution in [0.4, 0.5) is 0 Å². The molecule has 150 valence electrons. The molecule has 2 heterocycles. The Labute approximate surface area is 168 Å². The van der Waals surface area contributed by atoms with E-state index in [-0.39, 0.29) is 12.4 Å². The summed E-state index contributed by atoms with van der Waals surface area (Å²) in [5.41, 5.74) is 1.80. The van der Waals surface area contributed by atoms with Crippen LogP contribution in [0.25, 0.3) is 11.3 Å². The minimum Gasteiger partial charge on any atom is -0.496 e. The van der Waals surface area contributed by atoms with E-state index >= 15 is 0 Å². The van der Waals surface area contributed by atoms with Crippen molar-refractivity contribution >= 4 is 22.2 Å². The molecule has 0 radical (unpaired) electrons. The summed E-state index contributed by atoms with van der Waals surface area (Å²) < 4.78 is 32.9. The van der Waals surface area contributed by atoms with Crippen LogP contribution in [-0.2, 0) is 16.5 Å². The molecule has 7 heteroatoms. The van der Waals surface area contributed by atoms with Crippen LogP contribution in [-0.4, -0.2) is 43.3 Å². The number of sulfone groups is 1. The zero-order valence-electron chi connectivity index (χ0n) is 16.2. The zero-order valence-corrected chi connectivity index (χ0v) is 17.9. The van der Waals surface area contributed by atoms with Crippen LogP contribution in [0.3, 0.4) is 0 Å². The Morgan fingerprint density at radius 2 is 1.81 bits per heavy atom. The van der Waals surface area contributed by atoms with Crippen molar-refractivity contribution in [3.05, 3.63) is 36.5 Å². The van der Waals surface area contributed by atoms with Crippen molar-refractivity contribution in [1.82, 2.24) is 9.47 Å². The molecule has 0 unspecified atom stereocenters. The molecular formula is C20H29ClN2O3S. The summed E-state index contributed by atoms with van der Waals surface area (Å²) in [7, 11) is -1.71. The predicted octanol–water partition coefficient (Wildman–Crippen LogP) is 4.21. The number of hydrogen-bond acceptors (Lipinski definition) is 4. The minimum atomic E-state index is -3.33. The highest BCUT2D eigenvalue weighted by Crippen LogP contribution is 2.34. The van der Waals surface area contributed by atoms with Crippen molar-refractivity contribution < 1.29 is 13.2 Å². The second-order valence-corrected chi connectivity index (χ2v) is 9.64. The second kappa shape index (κ2) is 9.13. The van der Waals surface area contributed by atoms with E-state index in [1.165, 1.54) is 19.3 Å².